The quantitative estimate of drug-likeness (QED) is 0.320. The van der Waals surface area contributed by atoms with Gasteiger partial charge in [0.15, 0.2) is 5.76 Å². The summed E-state index contributed by atoms with van der Waals surface area (Å²) in [7, 11) is 0. The van der Waals surface area contributed by atoms with Gasteiger partial charge in [-0.25, -0.2) is 14.8 Å². The summed E-state index contributed by atoms with van der Waals surface area (Å²) < 4.78 is 5.51. The molecule has 0 saturated heterocycles. The van der Waals surface area contributed by atoms with Gasteiger partial charge in [-0.05, 0) is 35.2 Å². The maximum Gasteiger partial charge on any atom is 0.354 e. The Hall–Kier alpha value is -4.39. The lowest BCUT2D eigenvalue weighted by Gasteiger charge is -2.04. The Bertz CT molecular complexity index is 1270. The first-order valence-electron chi connectivity index (χ1n) is 9.88. The summed E-state index contributed by atoms with van der Waals surface area (Å²) in [6.45, 7) is 0. The number of hydrogen-bond donors (Lipinski definition) is 1. The van der Waals surface area contributed by atoms with Gasteiger partial charge in [-0.15, -0.1) is 0 Å². The Labute approximate surface area is 183 Å². The highest BCUT2D eigenvalue weighted by atomic mass is 16.4. The van der Waals surface area contributed by atoms with Gasteiger partial charge in [0.1, 0.15) is 17.7 Å². The molecule has 7 heteroatoms. The molecular weight excluding hydrogens is 408 g/mol. The number of pyridine rings is 1. The van der Waals surface area contributed by atoms with Crippen LogP contribution in [-0.4, -0.2) is 33.1 Å². The molecule has 158 valence electrons. The molecule has 0 atom stereocenters. The first-order chi connectivity index (χ1) is 15.5. The van der Waals surface area contributed by atoms with Gasteiger partial charge in [0.2, 0.25) is 5.78 Å². The predicted molar refractivity (Wildman–Crippen MR) is 117 cm³/mol. The maximum atomic E-state index is 12.5. The molecule has 2 aromatic carbocycles. The molecule has 0 spiro atoms. The highest BCUT2D eigenvalue weighted by molar-refractivity contribution is 5.92. The van der Waals surface area contributed by atoms with Crippen molar-refractivity contribution in [3.8, 4) is 22.6 Å². The Morgan fingerprint density at radius 2 is 1.62 bits per heavy atom. The fraction of sp³-hybridized carbons (Fsp3) is 0.0800. The predicted octanol–water partition coefficient (Wildman–Crippen LogP) is 4.73. The van der Waals surface area contributed by atoms with Crippen molar-refractivity contribution in [1.29, 1.82) is 0 Å². The molecule has 2 heterocycles. The lowest BCUT2D eigenvalue weighted by Crippen LogP contribution is -2.01. The summed E-state index contributed by atoms with van der Waals surface area (Å²) in [5, 5.41) is 9.06. The first kappa shape index (κ1) is 20.9. The number of rotatable bonds is 8. The van der Waals surface area contributed by atoms with Crippen LogP contribution in [0.25, 0.3) is 22.6 Å². The molecule has 0 fully saturated rings. The molecule has 0 aliphatic carbocycles. The summed E-state index contributed by atoms with van der Waals surface area (Å²) in [4.78, 5) is 42.3. The molecule has 0 amide bonds. The molecule has 0 bridgehead atoms. The molecule has 0 saturated carbocycles. The molecule has 4 aromatic rings. The minimum Gasteiger partial charge on any atom is -0.477 e. The number of carbonyl (C=O) groups is 3. The Morgan fingerprint density at radius 3 is 2.28 bits per heavy atom. The molecule has 1 N–H and O–H groups in total. The van der Waals surface area contributed by atoms with Crippen LogP contribution in [0.4, 0.5) is 0 Å². The van der Waals surface area contributed by atoms with Gasteiger partial charge >= 0.3 is 5.97 Å². The lowest BCUT2D eigenvalue weighted by molar-refractivity contribution is 0.0690. The number of ketones is 1. The second kappa shape index (κ2) is 9.18. The van der Waals surface area contributed by atoms with Crippen molar-refractivity contribution in [3.05, 3.63) is 95.6 Å². The normalized spacial score (nSPS) is 10.6. The van der Waals surface area contributed by atoms with E-state index in [4.69, 9.17) is 9.52 Å². The summed E-state index contributed by atoms with van der Waals surface area (Å²) in [6.07, 6.45) is 2.92. The molecule has 32 heavy (non-hydrogen) atoms. The number of aromatic carboxylic acids is 1. The van der Waals surface area contributed by atoms with Crippen LogP contribution in [0.15, 0.2) is 77.3 Å². The monoisotopic (exact) mass is 426 g/mol. The van der Waals surface area contributed by atoms with E-state index in [2.05, 4.69) is 9.97 Å². The first-order valence-corrected chi connectivity index (χ1v) is 9.88. The third-order valence-corrected chi connectivity index (χ3v) is 4.94. The zero-order valence-corrected chi connectivity index (χ0v) is 16.9. The van der Waals surface area contributed by atoms with E-state index in [0.29, 0.717) is 17.7 Å². The second-order valence-corrected chi connectivity index (χ2v) is 7.10. The van der Waals surface area contributed by atoms with E-state index in [-0.39, 0.29) is 29.5 Å². The molecule has 4 rings (SSSR count). The van der Waals surface area contributed by atoms with E-state index < -0.39 is 5.97 Å². The van der Waals surface area contributed by atoms with Crippen LogP contribution in [0, 0.1) is 0 Å². The van der Waals surface area contributed by atoms with Gasteiger partial charge in [0.05, 0.1) is 6.20 Å². The zero-order chi connectivity index (χ0) is 22.5. The number of hydrogen-bond acceptors (Lipinski definition) is 6. The maximum absolute atomic E-state index is 12.5. The number of Topliss-reactive ketones (excluding diaryl/α,β-unsaturated/α-hetero) is 1. The van der Waals surface area contributed by atoms with Crippen LogP contribution in [0.1, 0.15) is 43.5 Å². The van der Waals surface area contributed by atoms with Crippen molar-refractivity contribution in [2.45, 2.75) is 12.8 Å². The van der Waals surface area contributed by atoms with E-state index in [1.807, 2.05) is 36.4 Å². The van der Waals surface area contributed by atoms with E-state index in [9.17, 15) is 14.4 Å². The average molecular weight is 426 g/mol. The summed E-state index contributed by atoms with van der Waals surface area (Å²) in [6, 6.07) is 19.7. The van der Waals surface area contributed by atoms with Crippen molar-refractivity contribution in [2.24, 2.45) is 0 Å². The van der Waals surface area contributed by atoms with E-state index in [1.165, 1.54) is 12.3 Å². The summed E-state index contributed by atoms with van der Waals surface area (Å²) in [5.74, 6) is -1.19. The molecular formula is C25H18N2O5. The number of aryl methyl sites for hydroxylation is 1. The number of carbonyl (C=O) groups excluding carboxylic acids is 2. The highest BCUT2D eigenvalue weighted by Crippen LogP contribution is 2.22. The van der Waals surface area contributed by atoms with Crippen molar-refractivity contribution < 1.29 is 23.9 Å². The molecule has 7 nitrogen and oxygen atoms in total. The van der Waals surface area contributed by atoms with Crippen LogP contribution in [0.2, 0.25) is 0 Å². The molecule has 0 unspecified atom stereocenters. The largest absolute Gasteiger partial charge is 0.477 e. The minimum atomic E-state index is -1.15. The van der Waals surface area contributed by atoms with Crippen LogP contribution >= 0.6 is 0 Å². The fourth-order valence-corrected chi connectivity index (χ4v) is 3.20. The van der Waals surface area contributed by atoms with Crippen molar-refractivity contribution in [1.82, 2.24) is 9.97 Å². The SMILES string of the molecule is O=Cc1ccc(-c2ccc(CCC(=O)c3ncc(-c4cccc(C(=O)O)n4)o3)cc2)cc1. The van der Waals surface area contributed by atoms with Gasteiger partial charge in [-0.2, -0.15) is 0 Å². The van der Waals surface area contributed by atoms with E-state index >= 15 is 0 Å². The zero-order valence-electron chi connectivity index (χ0n) is 16.9. The number of carboxylic acid groups (broad SMARTS) is 1. The van der Waals surface area contributed by atoms with Crippen molar-refractivity contribution >= 4 is 18.0 Å². The summed E-state index contributed by atoms with van der Waals surface area (Å²) >= 11 is 0. The topological polar surface area (TPSA) is 110 Å². The van der Waals surface area contributed by atoms with Gasteiger partial charge in [0, 0.05) is 12.0 Å². The van der Waals surface area contributed by atoms with Crippen molar-refractivity contribution in [3.63, 3.8) is 0 Å². The highest BCUT2D eigenvalue weighted by Gasteiger charge is 2.16. The van der Waals surface area contributed by atoms with Crippen LogP contribution in [0.5, 0.6) is 0 Å². The number of benzene rings is 2. The number of aldehydes is 1. The number of nitrogens with zero attached hydrogens (tertiary/aromatic N) is 2. The minimum absolute atomic E-state index is 0.0329. The van der Waals surface area contributed by atoms with Gasteiger partial charge in [0.25, 0.3) is 5.89 Å². The molecule has 0 aliphatic rings. The van der Waals surface area contributed by atoms with Crippen LogP contribution < -0.4 is 0 Å². The Morgan fingerprint density at radius 1 is 0.938 bits per heavy atom. The molecule has 0 radical (unpaired) electrons. The number of carboxylic acids is 1. The van der Waals surface area contributed by atoms with Gasteiger partial charge < -0.3 is 9.52 Å². The molecule has 0 aliphatic heterocycles. The number of oxazole rings is 1. The van der Waals surface area contributed by atoms with Gasteiger partial charge in [-0.3, -0.25) is 9.59 Å². The summed E-state index contributed by atoms with van der Waals surface area (Å²) in [5.41, 5.74) is 3.83. The van der Waals surface area contributed by atoms with Crippen molar-refractivity contribution in [2.75, 3.05) is 0 Å². The third-order valence-electron chi connectivity index (χ3n) is 4.94. The fourth-order valence-electron chi connectivity index (χ4n) is 3.20. The van der Waals surface area contributed by atoms with E-state index in [0.717, 1.165) is 23.0 Å². The van der Waals surface area contributed by atoms with E-state index in [1.54, 1.807) is 24.3 Å². The van der Waals surface area contributed by atoms with Crippen LogP contribution in [0.3, 0.4) is 0 Å². The second-order valence-electron chi connectivity index (χ2n) is 7.10. The van der Waals surface area contributed by atoms with Gasteiger partial charge in [-0.1, -0.05) is 54.6 Å². The smallest absolute Gasteiger partial charge is 0.354 e. The Balaban J connectivity index is 1.39. The lowest BCUT2D eigenvalue weighted by atomic mass is 10.0. The van der Waals surface area contributed by atoms with Crippen LogP contribution in [-0.2, 0) is 6.42 Å². The Kier molecular flexibility index (Phi) is 5.98. The molecule has 2 aromatic heterocycles. The third kappa shape index (κ3) is 4.67. The number of aromatic nitrogens is 2. The average Bonchev–Trinajstić information content (AvgIpc) is 3.34. The standard InChI is InChI=1S/C25H18N2O5/c28-15-17-6-11-19(12-7-17)18-9-4-16(5-10-18)8-13-22(29)24-26-14-23(32-24)20-2-1-3-21(27-20)25(30)31/h1-7,9-12,14-15H,8,13H2,(H,30,31).